The van der Waals surface area contributed by atoms with Crippen molar-refractivity contribution in [3.05, 3.63) is 71.3 Å². The van der Waals surface area contributed by atoms with E-state index in [0.29, 0.717) is 0 Å². The van der Waals surface area contributed by atoms with Crippen LogP contribution in [0.5, 0.6) is 0 Å². The summed E-state index contributed by atoms with van der Waals surface area (Å²) < 4.78 is 0. The molecule has 0 bridgehead atoms. The van der Waals surface area contributed by atoms with Crippen molar-refractivity contribution in [3.63, 3.8) is 0 Å². The minimum atomic E-state index is -0.891. The molecule has 1 N–H and O–H groups in total. The smallest absolute Gasteiger partial charge is 0.304 e. The Balaban J connectivity index is 2.46. The maximum atomic E-state index is 11.2. The summed E-state index contributed by atoms with van der Waals surface area (Å²) in [6, 6.07) is 19.4. The molecule has 3 heteroatoms. The van der Waals surface area contributed by atoms with Crippen LogP contribution in [0.4, 0.5) is 0 Å². The van der Waals surface area contributed by atoms with Crippen LogP contribution in [0.25, 0.3) is 0 Å². The molecule has 0 saturated heterocycles. The van der Waals surface area contributed by atoms with E-state index in [2.05, 4.69) is 6.07 Å². The minimum absolute atomic E-state index is 0.0590. The van der Waals surface area contributed by atoms with Crippen LogP contribution in [0, 0.1) is 18.3 Å². The quantitative estimate of drug-likeness (QED) is 0.904. The second-order valence-corrected chi connectivity index (χ2v) is 5.08. The number of aryl methyl sites for hydroxylation is 1. The van der Waals surface area contributed by atoms with E-state index in [9.17, 15) is 15.2 Å². The Labute approximate surface area is 124 Å². The molecule has 2 aromatic carbocycles. The monoisotopic (exact) mass is 279 g/mol. The molecule has 21 heavy (non-hydrogen) atoms. The van der Waals surface area contributed by atoms with Crippen LogP contribution in [0.3, 0.4) is 0 Å². The van der Waals surface area contributed by atoms with E-state index in [4.69, 9.17) is 0 Å². The Morgan fingerprint density at radius 1 is 1.14 bits per heavy atom. The highest BCUT2D eigenvalue weighted by Crippen LogP contribution is 2.36. The summed E-state index contributed by atoms with van der Waals surface area (Å²) in [5.41, 5.74) is 2.79. The molecule has 2 atom stereocenters. The van der Waals surface area contributed by atoms with Gasteiger partial charge < -0.3 is 5.11 Å². The maximum Gasteiger partial charge on any atom is 0.304 e. The average Bonchev–Trinajstić information content (AvgIpc) is 2.49. The topological polar surface area (TPSA) is 61.1 Å². The fourth-order valence-corrected chi connectivity index (χ4v) is 2.63. The largest absolute Gasteiger partial charge is 0.481 e. The third-order valence-corrected chi connectivity index (χ3v) is 3.69. The number of aliphatic carboxylic acids is 1. The highest BCUT2D eigenvalue weighted by Gasteiger charge is 2.27. The van der Waals surface area contributed by atoms with Crippen molar-refractivity contribution in [2.45, 2.75) is 25.2 Å². The number of benzene rings is 2. The molecule has 0 heterocycles. The molecular weight excluding hydrogens is 262 g/mol. The van der Waals surface area contributed by atoms with E-state index in [0.717, 1.165) is 16.7 Å². The van der Waals surface area contributed by atoms with Crippen molar-refractivity contribution in [1.82, 2.24) is 0 Å². The molecule has 0 fully saturated rings. The van der Waals surface area contributed by atoms with Crippen molar-refractivity contribution in [1.29, 1.82) is 5.26 Å². The first-order chi connectivity index (χ1) is 10.1. The van der Waals surface area contributed by atoms with E-state index in [1.165, 1.54) is 0 Å². The lowest BCUT2D eigenvalue weighted by Crippen LogP contribution is -2.15. The van der Waals surface area contributed by atoms with Gasteiger partial charge >= 0.3 is 5.97 Å². The van der Waals surface area contributed by atoms with Crippen LogP contribution in [-0.2, 0) is 4.79 Å². The van der Waals surface area contributed by atoms with Crippen LogP contribution in [-0.4, -0.2) is 11.1 Å². The number of hydrogen-bond acceptors (Lipinski definition) is 2. The number of carboxylic acid groups (broad SMARTS) is 1. The molecule has 2 rings (SSSR count). The van der Waals surface area contributed by atoms with Crippen LogP contribution in [0.15, 0.2) is 54.6 Å². The lowest BCUT2D eigenvalue weighted by Gasteiger charge is -2.22. The van der Waals surface area contributed by atoms with E-state index in [1.807, 2.05) is 61.5 Å². The third kappa shape index (κ3) is 3.49. The SMILES string of the molecule is Cc1ccccc1C(C#N)C(CC(=O)O)c1ccccc1. The highest BCUT2D eigenvalue weighted by molar-refractivity contribution is 5.68. The first-order valence-electron chi connectivity index (χ1n) is 6.85. The molecule has 0 saturated carbocycles. The molecule has 0 amide bonds. The van der Waals surface area contributed by atoms with E-state index in [-0.39, 0.29) is 12.3 Å². The van der Waals surface area contributed by atoms with Gasteiger partial charge in [-0.2, -0.15) is 5.26 Å². The number of hydrogen-bond donors (Lipinski definition) is 1. The number of nitrogens with zero attached hydrogens (tertiary/aromatic N) is 1. The Hall–Kier alpha value is -2.60. The Kier molecular flexibility index (Phi) is 4.73. The summed E-state index contributed by atoms with van der Waals surface area (Å²) in [5.74, 6) is -1.71. The van der Waals surface area contributed by atoms with Crippen molar-refractivity contribution in [2.24, 2.45) is 0 Å². The molecule has 2 aromatic rings. The lowest BCUT2D eigenvalue weighted by molar-refractivity contribution is -0.137. The fourth-order valence-electron chi connectivity index (χ4n) is 2.63. The second kappa shape index (κ2) is 6.71. The maximum absolute atomic E-state index is 11.2. The van der Waals surface area contributed by atoms with Gasteiger partial charge in [-0.25, -0.2) is 0 Å². The number of nitriles is 1. The van der Waals surface area contributed by atoms with Crippen molar-refractivity contribution in [2.75, 3.05) is 0 Å². The van der Waals surface area contributed by atoms with E-state index < -0.39 is 11.9 Å². The third-order valence-electron chi connectivity index (χ3n) is 3.69. The molecule has 0 aliphatic rings. The summed E-state index contributed by atoms with van der Waals surface area (Å²) in [6.45, 7) is 1.95. The average molecular weight is 279 g/mol. The minimum Gasteiger partial charge on any atom is -0.481 e. The van der Waals surface area contributed by atoms with E-state index in [1.54, 1.807) is 0 Å². The van der Waals surface area contributed by atoms with Gasteiger partial charge in [-0.1, -0.05) is 54.6 Å². The first kappa shape index (κ1) is 14.8. The van der Waals surface area contributed by atoms with Gasteiger partial charge in [0, 0.05) is 5.92 Å². The zero-order valence-corrected chi connectivity index (χ0v) is 11.9. The van der Waals surface area contributed by atoms with Crippen molar-refractivity contribution < 1.29 is 9.90 Å². The van der Waals surface area contributed by atoms with Gasteiger partial charge in [0.25, 0.3) is 0 Å². The Morgan fingerprint density at radius 3 is 2.33 bits per heavy atom. The van der Waals surface area contributed by atoms with Crippen molar-refractivity contribution >= 4 is 5.97 Å². The molecule has 0 aliphatic heterocycles. The number of carbonyl (C=O) groups is 1. The summed E-state index contributed by atoms with van der Waals surface area (Å²) in [4.78, 5) is 11.2. The number of rotatable bonds is 5. The molecule has 106 valence electrons. The van der Waals surface area contributed by atoms with Crippen LogP contribution in [0.2, 0.25) is 0 Å². The Morgan fingerprint density at radius 2 is 1.76 bits per heavy atom. The second-order valence-electron chi connectivity index (χ2n) is 5.08. The first-order valence-corrected chi connectivity index (χ1v) is 6.85. The van der Waals surface area contributed by atoms with Gasteiger partial charge in [-0.15, -0.1) is 0 Å². The van der Waals surface area contributed by atoms with E-state index >= 15 is 0 Å². The zero-order chi connectivity index (χ0) is 15.2. The van der Waals surface area contributed by atoms with Crippen LogP contribution < -0.4 is 0 Å². The van der Waals surface area contributed by atoms with Gasteiger partial charge in [-0.05, 0) is 23.6 Å². The molecule has 0 radical (unpaired) electrons. The predicted molar refractivity (Wildman–Crippen MR) is 81.0 cm³/mol. The fraction of sp³-hybridized carbons (Fsp3) is 0.222. The lowest BCUT2D eigenvalue weighted by atomic mass is 9.79. The van der Waals surface area contributed by atoms with Gasteiger partial charge in [0.2, 0.25) is 0 Å². The molecule has 0 aliphatic carbocycles. The van der Waals surface area contributed by atoms with Gasteiger partial charge in [0.1, 0.15) is 0 Å². The van der Waals surface area contributed by atoms with Crippen LogP contribution >= 0.6 is 0 Å². The van der Waals surface area contributed by atoms with Crippen molar-refractivity contribution in [3.8, 4) is 6.07 Å². The highest BCUT2D eigenvalue weighted by atomic mass is 16.4. The van der Waals surface area contributed by atoms with Crippen LogP contribution in [0.1, 0.15) is 34.9 Å². The standard InChI is InChI=1S/C18H17NO2/c1-13-7-5-6-10-15(13)17(12-19)16(11-18(20)21)14-8-3-2-4-9-14/h2-10,16-17H,11H2,1H3,(H,20,21). The summed E-state index contributed by atoms with van der Waals surface area (Å²) >= 11 is 0. The van der Waals surface area contributed by atoms with Gasteiger partial charge in [-0.3, -0.25) is 4.79 Å². The molecule has 0 aromatic heterocycles. The van der Waals surface area contributed by atoms with Gasteiger partial charge in [0.05, 0.1) is 18.4 Å². The van der Waals surface area contributed by atoms with Gasteiger partial charge in [0.15, 0.2) is 0 Å². The molecule has 0 spiro atoms. The molecular formula is C18H17NO2. The Bertz CT molecular complexity index is 658. The summed E-state index contributed by atoms with van der Waals surface area (Å²) in [7, 11) is 0. The molecule has 3 nitrogen and oxygen atoms in total. The molecule has 2 unspecified atom stereocenters. The predicted octanol–water partition coefficient (Wildman–Crippen LogP) is 3.86. The normalized spacial score (nSPS) is 13.1. The number of carboxylic acids is 1. The zero-order valence-electron chi connectivity index (χ0n) is 11.9. The summed E-state index contributed by atoms with van der Waals surface area (Å²) in [6.07, 6.45) is -0.0590. The summed E-state index contributed by atoms with van der Waals surface area (Å²) in [5, 5.41) is 18.8.